The van der Waals surface area contributed by atoms with Crippen LogP contribution in [0.5, 0.6) is 17.2 Å². The van der Waals surface area contributed by atoms with Crippen LogP contribution in [0.4, 0.5) is 27.8 Å². The van der Waals surface area contributed by atoms with Crippen LogP contribution in [0, 0.1) is 0 Å². The largest absolute Gasteiger partial charge is 0.495 e. The topological polar surface area (TPSA) is 101 Å². The number of ether oxygens (including phenoxy) is 3. The van der Waals surface area contributed by atoms with Gasteiger partial charge < -0.3 is 29.7 Å². The van der Waals surface area contributed by atoms with Crippen molar-refractivity contribution in [3.8, 4) is 17.2 Å². The van der Waals surface area contributed by atoms with Crippen molar-refractivity contribution in [1.29, 1.82) is 0 Å². The molecule has 0 aliphatic carbocycles. The molecule has 1 aromatic heterocycles. The Morgan fingerprint density at radius 1 is 0.972 bits per heavy atom. The standard InChI is InChI=1S/C24H28Cl2N6O4/c1-31(2)10-11-36-16-8-6-15(7-9-16)29-19-13-20(28-14-27-19)32(3)24(33)30-23-21(25)17(34-4)12-18(35-5)22(23)26/h6-9,12-14H,10-11H2,1-5H3,(H,30,33)(H,27,28,29). The molecule has 3 aromatic rings. The molecule has 192 valence electrons. The molecule has 2 amide bonds. The van der Waals surface area contributed by atoms with E-state index in [1.807, 2.05) is 38.4 Å². The lowest BCUT2D eigenvalue weighted by Gasteiger charge is -2.20. The van der Waals surface area contributed by atoms with Gasteiger partial charge in [0.1, 0.15) is 51.9 Å². The van der Waals surface area contributed by atoms with Crippen LogP contribution in [-0.2, 0) is 0 Å². The van der Waals surface area contributed by atoms with E-state index >= 15 is 0 Å². The molecule has 1 heterocycles. The van der Waals surface area contributed by atoms with E-state index in [0.717, 1.165) is 18.0 Å². The van der Waals surface area contributed by atoms with E-state index in [1.165, 1.54) is 31.5 Å². The van der Waals surface area contributed by atoms with Crippen molar-refractivity contribution < 1.29 is 19.0 Å². The number of rotatable bonds is 10. The fourth-order valence-electron chi connectivity index (χ4n) is 3.02. The van der Waals surface area contributed by atoms with Gasteiger partial charge in [-0.1, -0.05) is 23.2 Å². The zero-order chi connectivity index (χ0) is 26.2. The van der Waals surface area contributed by atoms with Gasteiger partial charge >= 0.3 is 6.03 Å². The molecule has 0 radical (unpaired) electrons. The molecule has 12 heteroatoms. The Kier molecular flexibility index (Phi) is 9.40. The van der Waals surface area contributed by atoms with Crippen LogP contribution in [0.1, 0.15) is 0 Å². The van der Waals surface area contributed by atoms with Crippen molar-refractivity contribution in [3.63, 3.8) is 0 Å². The van der Waals surface area contributed by atoms with Crippen molar-refractivity contribution in [3.05, 3.63) is 52.8 Å². The molecule has 2 N–H and O–H groups in total. The lowest BCUT2D eigenvalue weighted by atomic mass is 10.2. The molecular weight excluding hydrogens is 507 g/mol. The van der Waals surface area contributed by atoms with E-state index in [2.05, 4.69) is 25.5 Å². The Labute approximate surface area is 220 Å². The molecule has 0 atom stereocenters. The average Bonchev–Trinajstić information content (AvgIpc) is 2.87. The number of methoxy groups -OCH3 is 2. The quantitative estimate of drug-likeness (QED) is 0.368. The van der Waals surface area contributed by atoms with Gasteiger partial charge in [-0.15, -0.1) is 0 Å². The van der Waals surface area contributed by atoms with Gasteiger partial charge in [-0.2, -0.15) is 0 Å². The molecule has 0 aliphatic heterocycles. The number of amides is 2. The zero-order valence-electron chi connectivity index (χ0n) is 20.6. The Morgan fingerprint density at radius 3 is 2.19 bits per heavy atom. The van der Waals surface area contributed by atoms with Crippen molar-refractivity contribution in [2.75, 3.05) is 64.0 Å². The monoisotopic (exact) mass is 534 g/mol. The summed E-state index contributed by atoms with van der Waals surface area (Å²) in [6.07, 6.45) is 1.36. The molecule has 0 aliphatic rings. The first-order valence-corrected chi connectivity index (χ1v) is 11.6. The van der Waals surface area contributed by atoms with E-state index in [0.29, 0.717) is 29.7 Å². The molecule has 0 saturated heterocycles. The number of likely N-dealkylation sites (N-methyl/N-ethyl adjacent to an activating group) is 1. The van der Waals surface area contributed by atoms with E-state index in [9.17, 15) is 4.79 Å². The van der Waals surface area contributed by atoms with Gasteiger partial charge in [0.15, 0.2) is 0 Å². The lowest BCUT2D eigenvalue weighted by molar-refractivity contribution is 0.258. The minimum atomic E-state index is -0.530. The highest BCUT2D eigenvalue weighted by molar-refractivity contribution is 6.41. The molecule has 2 aromatic carbocycles. The summed E-state index contributed by atoms with van der Waals surface area (Å²) in [5.41, 5.74) is 0.959. The Balaban J connectivity index is 1.70. The summed E-state index contributed by atoms with van der Waals surface area (Å²) in [7, 11) is 8.45. The molecule has 0 unspecified atom stereocenters. The second-order valence-electron chi connectivity index (χ2n) is 7.84. The third-order valence-corrected chi connectivity index (χ3v) is 5.79. The first kappa shape index (κ1) is 27.1. The summed E-state index contributed by atoms with van der Waals surface area (Å²) in [4.78, 5) is 24.7. The van der Waals surface area contributed by atoms with Crippen LogP contribution in [0.15, 0.2) is 42.7 Å². The zero-order valence-corrected chi connectivity index (χ0v) is 22.1. The second kappa shape index (κ2) is 12.5. The van der Waals surface area contributed by atoms with Gasteiger partial charge in [0, 0.05) is 31.4 Å². The number of nitrogens with zero attached hydrogens (tertiary/aromatic N) is 4. The van der Waals surface area contributed by atoms with Crippen molar-refractivity contribution >= 4 is 52.2 Å². The number of urea groups is 1. The molecule has 10 nitrogen and oxygen atoms in total. The van der Waals surface area contributed by atoms with Gasteiger partial charge in [0.2, 0.25) is 0 Å². The van der Waals surface area contributed by atoms with Crippen molar-refractivity contribution in [2.24, 2.45) is 0 Å². The maximum Gasteiger partial charge on any atom is 0.327 e. The minimum absolute atomic E-state index is 0.143. The highest BCUT2D eigenvalue weighted by Gasteiger charge is 2.21. The van der Waals surface area contributed by atoms with Gasteiger partial charge in [-0.25, -0.2) is 14.8 Å². The SMILES string of the molecule is COc1cc(OC)c(Cl)c(NC(=O)N(C)c2cc(Nc3ccc(OCCN(C)C)cc3)ncn2)c1Cl. The van der Waals surface area contributed by atoms with Crippen molar-refractivity contribution in [1.82, 2.24) is 14.9 Å². The molecule has 3 rings (SSSR count). The first-order chi connectivity index (χ1) is 17.2. The van der Waals surface area contributed by atoms with Gasteiger partial charge in [0.25, 0.3) is 0 Å². The van der Waals surface area contributed by atoms with Gasteiger partial charge in [-0.3, -0.25) is 4.90 Å². The predicted octanol–water partition coefficient (Wildman–Crippen LogP) is 5.15. The molecule has 0 saturated carbocycles. The lowest BCUT2D eigenvalue weighted by Crippen LogP contribution is -2.32. The summed E-state index contributed by atoms with van der Waals surface area (Å²) >= 11 is 12.7. The summed E-state index contributed by atoms with van der Waals surface area (Å²) in [6, 6.07) is 10.1. The third-order valence-electron chi connectivity index (χ3n) is 5.04. The predicted molar refractivity (Wildman–Crippen MR) is 143 cm³/mol. The minimum Gasteiger partial charge on any atom is -0.495 e. The van der Waals surface area contributed by atoms with E-state index in [4.69, 9.17) is 37.4 Å². The molecular formula is C24H28Cl2N6O4. The summed E-state index contributed by atoms with van der Waals surface area (Å²) in [5.74, 6) is 2.22. The van der Waals surface area contributed by atoms with Crippen LogP contribution in [-0.4, -0.2) is 69.4 Å². The number of benzene rings is 2. The molecule has 0 bridgehead atoms. The number of anilines is 4. The number of hydrogen-bond acceptors (Lipinski definition) is 8. The van der Waals surface area contributed by atoms with E-state index < -0.39 is 6.03 Å². The molecule has 0 spiro atoms. The number of carbonyl (C=O) groups excluding carboxylic acids is 1. The number of aromatic nitrogens is 2. The fourth-order valence-corrected chi connectivity index (χ4v) is 3.61. The summed E-state index contributed by atoms with van der Waals surface area (Å²) in [5, 5.41) is 6.17. The number of hydrogen-bond donors (Lipinski definition) is 2. The summed E-state index contributed by atoms with van der Waals surface area (Å²) in [6.45, 7) is 1.43. The average molecular weight is 535 g/mol. The second-order valence-corrected chi connectivity index (χ2v) is 8.59. The van der Waals surface area contributed by atoms with Crippen molar-refractivity contribution in [2.45, 2.75) is 0 Å². The van der Waals surface area contributed by atoms with Crippen LogP contribution in [0.3, 0.4) is 0 Å². The van der Waals surface area contributed by atoms with E-state index in [-0.39, 0.29) is 15.7 Å². The first-order valence-electron chi connectivity index (χ1n) is 10.8. The molecule has 36 heavy (non-hydrogen) atoms. The van der Waals surface area contributed by atoms with Crippen LogP contribution < -0.4 is 29.7 Å². The van der Waals surface area contributed by atoms with E-state index in [1.54, 1.807) is 13.1 Å². The maximum atomic E-state index is 13.0. The van der Waals surface area contributed by atoms with Crippen LogP contribution in [0.2, 0.25) is 10.0 Å². The smallest absolute Gasteiger partial charge is 0.327 e. The highest BCUT2D eigenvalue weighted by Crippen LogP contribution is 2.44. The number of carbonyl (C=O) groups is 1. The normalized spacial score (nSPS) is 10.7. The Bertz CT molecular complexity index is 1170. The highest BCUT2D eigenvalue weighted by atomic mass is 35.5. The Morgan fingerprint density at radius 2 is 1.61 bits per heavy atom. The maximum absolute atomic E-state index is 13.0. The summed E-state index contributed by atoms with van der Waals surface area (Å²) < 4.78 is 16.2. The number of halogens is 2. The number of nitrogens with one attached hydrogen (secondary N) is 2. The molecule has 0 fully saturated rings. The Hall–Kier alpha value is -3.47. The van der Waals surface area contributed by atoms with Gasteiger partial charge in [0.05, 0.1) is 19.9 Å². The van der Waals surface area contributed by atoms with Crippen LogP contribution in [0.25, 0.3) is 0 Å². The third kappa shape index (κ3) is 6.81. The van der Waals surface area contributed by atoms with Gasteiger partial charge in [-0.05, 0) is 38.4 Å². The van der Waals surface area contributed by atoms with Crippen LogP contribution >= 0.6 is 23.2 Å². The fraction of sp³-hybridized carbons (Fsp3) is 0.292.